The van der Waals surface area contributed by atoms with Crippen LogP contribution < -0.4 is 10.2 Å². The molecule has 0 atom stereocenters. The Balaban J connectivity index is 1.73. The van der Waals surface area contributed by atoms with Gasteiger partial charge < -0.3 is 9.15 Å². The van der Waals surface area contributed by atoms with Gasteiger partial charge in [0.05, 0.1) is 10.9 Å². The Morgan fingerprint density at radius 3 is 2.64 bits per heavy atom. The lowest BCUT2D eigenvalue weighted by molar-refractivity contribution is 0.309. The van der Waals surface area contributed by atoms with Crippen LogP contribution in [-0.2, 0) is 6.61 Å². The van der Waals surface area contributed by atoms with Crippen LogP contribution in [0.2, 0.25) is 0 Å². The van der Waals surface area contributed by atoms with Gasteiger partial charge in [0.2, 0.25) is 5.43 Å². The molecule has 2 aromatic heterocycles. The number of hydrogen-bond acceptors (Lipinski definition) is 4. The van der Waals surface area contributed by atoms with Crippen molar-refractivity contribution in [2.24, 2.45) is 0 Å². The van der Waals surface area contributed by atoms with Crippen molar-refractivity contribution >= 4 is 22.3 Å². The van der Waals surface area contributed by atoms with E-state index in [0.717, 1.165) is 10.4 Å². The molecule has 0 amide bonds. The lowest BCUT2D eigenvalue weighted by Gasteiger charge is -2.09. The van der Waals surface area contributed by atoms with Gasteiger partial charge in [-0.3, -0.25) is 4.79 Å². The molecule has 0 unspecified atom stereocenters. The highest BCUT2D eigenvalue weighted by Crippen LogP contribution is 2.26. The monoisotopic (exact) mass is 348 g/mol. The average molecular weight is 348 g/mol. The van der Waals surface area contributed by atoms with Gasteiger partial charge in [0.1, 0.15) is 23.7 Å². The van der Waals surface area contributed by atoms with Crippen molar-refractivity contribution < 1.29 is 9.15 Å². The number of thiophene rings is 1. The number of fused-ring (bicyclic) bond motifs is 1. The summed E-state index contributed by atoms with van der Waals surface area (Å²) in [4.78, 5) is 14.1. The van der Waals surface area contributed by atoms with Crippen molar-refractivity contribution in [2.45, 2.75) is 13.5 Å². The molecule has 124 valence electrons. The molecule has 2 aromatic carbocycles. The molecule has 4 aromatic rings. The summed E-state index contributed by atoms with van der Waals surface area (Å²) in [6, 6.07) is 19.0. The summed E-state index contributed by atoms with van der Waals surface area (Å²) < 4.78 is 11.7. The van der Waals surface area contributed by atoms with Crippen molar-refractivity contribution in [3.05, 3.63) is 86.9 Å². The number of aryl methyl sites for hydroxylation is 1. The summed E-state index contributed by atoms with van der Waals surface area (Å²) >= 11 is 1.65. The number of rotatable bonds is 4. The predicted molar refractivity (Wildman–Crippen MR) is 101 cm³/mol. The second-order valence-corrected chi connectivity index (χ2v) is 6.79. The zero-order valence-corrected chi connectivity index (χ0v) is 14.5. The molecule has 4 rings (SSSR count). The molecule has 0 spiro atoms. The minimum Gasteiger partial charge on any atom is -0.488 e. The minimum absolute atomic E-state index is 0.0187. The first kappa shape index (κ1) is 15.7. The van der Waals surface area contributed by atoms with E-state index in [1.807, 2.05) is 60.8 Å². The van der Waals surface area contributed by atoms with Gasteiger partial charge in [-0.1, -0.05) is 36.4 Å². The smallest absolute Gasteiger partial charge is 0.200 e. The second kappa shape index (κ2) is 6.57. The standard InChI is InChI=1S/C21H16O3S/c1-14-20(15-6-3-2-4-7-15)21(22)18-10-9-16(12-19(18)24-14)23-13-17-8-5-11-25-17/h2-12H,13H2,1H3. The van der Waals surface area contributed by atoms with E-state index >= 15 is 0 Å². The van der Waals surface area contributed by atoms with Crippen molar-refractivity contribution in [3.8, 4) is 16.9 Å². The van der Waals surface area contributed by atoms with Crippen molar-refractivity contribution in [1.29, 1.82) is 0 Å². The summed E-state index contributed by atoms with van der Waals surface area (Å²) in [6.07, 6.45) is 0. The van der Waals surface area contributed by atoms with E-state index in [4.69, 9.17) is 9.15 Å². The van der Waals surface area contributed by atoms with Crippen LogP contribution in [0.25, 0.3) is 22.1 Å². The Morgan fingerprint density at radius 1 is 1.04 bits per heavy atom. The van der Waals surface area contributed by atoms with Gasteiger partial charge in [-0.05, 0) is 36.1 Å². The van der Waals surface area contributed by atoms with Crippen LogP contribution in [0, 0.1) is 6.92 Å². The molecule has 0 aliphatic rings. The molecule has 0 bridgehead atoms. The molecule has 0 saturated carbocycles. The van der Waals surface area contributed by atoms with Crippen LogP contribution in [0.5, 0.6) is 5.75 Å². The van der Waals surface area contributed by atoms with Gasteiger partial charge in [0, 0.05) is 10.9 Å². The Bertz CT molecular complexity index is 1060. The summed E-state index contributed by atoms with van der Waals surface area (Å²) in [5, 5.41) is 2.58. The molecule has 0 saturated heterocycles. The van der Waals surface area contributed by atoms with Gasteiger partial charge >= 0.3 is 0 Å². The zero-order chi connectivity index (χ0) is 17.2. The summed E-state index contributed by atoms with van der Waals surface area (Å²) in [5.41, 5.74) is 2.01. The van der Waals surface area contributed by atoms with E-state index in [1.165, 1.54) is 0 Å². The highest BCUT2D eigenvalue weighted by atomic mass is 32.1. The quantitative estimate of drug-likeness (QED) is 0.495. The van der Waals surface area contributed by atoms with Crippen molar-refractivity contribution in [3.63, 3.8) is 0 Å². The van der Waals surface area contributed by atoms with E-state index in [-0.39, 0.29) is 5.43 Å². The molecular weight excluding hydrogens is 332 g/mol. The fourth-order valence-electron chi connectivity index (χ4n) is 2.86. The fourth-order valence-corrected chi connectivity index (χ4v) is 3.48. The molecule has 0 aliphatic heterocycles. The lowest BCUT2D eigenvalue weighted by atomic mass is 10.0. The first-order valence-corrected chi connectivity index (χ1v) is 8.88. The number of benzene rings is 2. The summed E-state index contributed by atoms with van der Waals surface area (Å²) in [7, 11) is 0. The maximum Gasteiger partial charge on any atom is 0.200 e. The SMILES string of the molecule is Cc1oc2cc(OCc3cccs3)ccc2c(=O)c1-c1ccccc1. The fraction of sp³-hybridized carbons (Fsp3) is 0.0952. The minimum atomic E-state index is -0.0187. The number of ether oxygens (including phenoxy) is 1. The third-order valence-corrected chi connectivity index (χ3v) is 4.91. The molecule has 25 heavy (non-hydrogen) atoms. The third kappa shape index (κ3) is 3.08. The normalized spacial score (nSPS) is 10.9. The molecule has 2 heterocycles. The summed E-state index contributed by atoms with van der Waals surface area (Å²) in [5.74, 6) is 1.30. The Hall–Kier alpha value is -2.85. The zero-order valence-electron chi connectivity index (χ0n) is 13.7. The first-order chi connectivity index (χ1) is 12.2. The molecule has 3 nitrogen and oxygen atoms in total. The van der Waals surface area contributed by atoms with Crippen molar-refractivity contribution in [1.82, 2.24) is 0 Å². The Morgan fingerprint density at radius 2 is 1.88 bits per heavy atom. The summed E-state index contributed by atoms with van der Waals surface area (Å²) in [6.45, 7) is 2.33. The van der Waals surface area contributed by atoms with Gasteiger partial charge in [-0.2, -0.15) is 0 Å². The molecule has 0 N–H and O–H groups in total. The highest BCUT2D eigenvalue weighted by Gasteiger charge is 2.13. The van der Waals surface area contributed by atoms with Crippen LogP contribution in [-0.4, -0.2) is 0 Å². The van der Waals surface area contributed by atoms with E-state index in [2.05, 4.69) is 0 Å². The molecule has 4 heteroatoms. The van der Waals surface area contributed by atoms with Crippen LogP contribution in [0.15, 0.2) is 75.3 Å². The van der Waals surface area contributed by atoms with E-state index in [1.54, 1.807) is 23.5 Å². The molecule has 0 fully saturated rings. The molecule has 0 aliphatic carbocycles. The van der Waals surface area contributed by atoms with Gasteiger partial charge in [0.25, 0.3) is 0 Å². The van der Waals surface area contributed by atoms with Gasteiger partial charge in [-0.15, -0.1) is 11.3 Å². The predicted octanol–water partition coefficient (Wildman–Crippen LogP) is 5.41. The van der Waals surface area contributed by atoms with Crippen LogP contribution >= 0.6 is 11.3 Å². The van der Waals surface area contributed by atoms with Crippen LogP contribution in [0.3, 0.4) is 0 Å². The topological polar surface area (TPSA) is 39.4 Å². The third-order valence-electron chi connectivity index (χ3n) is 4.06. The molecule has 0 radical (unpaired) electrons. The maximum absolute atomic E-state index is 12.9. The highest BCUT2D eigenvalue weighted by molar-refractivity contribution is 7.09. The van der Waals surface area contributed by atoms with E-state index in [0.29, 0.717) is 34.6 Å². The average Bonchev–Trinajstić information content (AvgIpc) is 3.14. The Kier molecular flexibility index (Phi) is 4.12. The lowest BCUT2D eigenvalue weighted by Crippen LogP contribution is -2.07. The van der Waals surface area contributed by atoms with Crippen molar-refractivity contribution in [2.75, 3.05) is 0 Å². The molecular formula is C21H16O3S. The van der Waals surface area contributed by atoms with Gasteiger partial charge in [0.15, 0.2) is 0 Å². The maximum atomic E-state index is 12.9. The van der Waals surface area contributed by atoms with Crippen LogP contribution in [0.4, 0.5) is 0 Å². The first-order valence-electron chi connectivity index (χ1n) is 8.00. The Labute approximate surface area is 149 Å². The van der Waals surface area contributed by atoms with E-state index < -0.39 is 0 Å². The second-order valence-electron chi connectivity index (χ2n) is 5.75. The van der Waals surface area contributed by atoms with Crippen LogP contribution in [0.1, 0.15) is 10.6 Å². The van der Waals surface area contributed by atoms with Gasteiger partial charge in [-0.25, -0.2) is 0 Å². The largest absolute Gasteiger partial charge is 0.488 e. The van der Waals surface area contributed by atoms with E-state index in [9.17, 15) is 4.79 Å². The number of hydrogen-bond donors (Lipinski definition) is 0.